The fourth-order valence-electron chi connectivity index (χ4n) is 5.28. The van der Waals surface area contributed by atoms with Crippen molar-refractivity contribution in [3.63, 3.8) is 0 Å². The molecule has 8 nitrogen and oxygen atoms in total. The second kappa shape index (κ2) is 10.4. The van der Waals surface area contributed by atoms with E-state index in [-0.39, 0.29) is 18.3 Å². The first-order valence-electron chi connectivity index (χ1n) is 12.5. The van der Waals surface area contributed by atoms with Crippen molar-refractivity contribution in [3.05, 3.63) is 40.3 Å². The molecule has 1 aliphatic carbocycles. The number of nitrogens with zero attached hydrogens (tertiary/aromatic N) is 2. The van der Waals surface area contributed by atoms with Gasteiger partial charge in [0.1, 0.15) is 16.8 Å². The molecule has 2 aliphatic heterocycles. The van der Waals surface area contributed by atoms with Gasteiger partial charge in [-0.15, -0.1) is 4.31 Å². The highest BCUT2D eigenvalue weighted by Gasteiger charge is 2.49. The number of hydrogen-bond donors (Lipinski definition) is 1. The van der Waals surface area contributed by atoms with Crippen LogP contribution in [0.25, 0.3) is 6.08 Å². The number of hydrogen-bond acceptors (Lipinski definition) is 5. The van der Waals surface area contributed by atoms with Gasteiger partial charge >= 0.3 is 5.97 Å². The molecule has 0 aromatic heterocycles. The molecule has 35 heavy (non-hydrogen) atoms. The summed E-state index contributed by atoms with van der Waals surface area (Å²) in [4.78, 5) is 29.4. The molecule has 2 heterocycles. The monoisotopic (exact) mass is 505 g/mol. The standard InChI is InChI=1S/C26H37N3O5S/c1-18-4-7-22(8-5-18)24-27-25(31)26(28-24)11-13-29(14-12-26)35(32,33)15-10-21-9-6-20(16-19(21)2)17-23(30)34-3/h6,9-10,15-16,18,22,32-33H,4-5,7-8,11-14,17H2,1-3H3,(H,27,28,31)/p+2/b15-10+. The van der Waals surface area contributed by atoms with Gasteiger partial charge in [0, 0.05) is 19.0 Å². The van der Waals surface area contributed by atoms with Crippen LogP contribution < -0.4 is 5.32 Å². The molecule has 0 radical (unpaired) electrons. The summed E-state index contributed by atoms with van der Waals surface area (Å²) in [5, 5.41) is 4.75. The number of ether oxygens (including phenoxy) is 1. The number of methoxy groups -OCH3 is 1. The van der Waals surface area contributed by atoms with E-state index in [2.05, 4.69) is 12.2 Å². The average molecular weight is 506 g/mol. The van der Waals surface area contributed by atoms with Crippen molar-refractivity contribution in [1.29, 1.82) is 0 Å². The number of carbonyl (C=O) groups excluding carboxylic acids is 2. The third-order valence-corrected chi connectivity index (χ3v) is 9.42. The lowest BCUT2D eigenvalue weighted by atomic mass is 9.82. The van der Waals surface area contributed by atoms with Gasteiger partial charge in [0.15, 0.2) is 0 Å². The number of amides is 1. The maximum atomic E-state index is 12.9. The number of rotatable bonds is 6. The zero-order valence-corrected chi connectivity index (χ0v) is 21.7. The predicted octanol–water partition coefficient (Wildman–Crippen LogP) is 2.87. The molecule has 1 amide bonds. The first-order valence-corrected chi connectivity index (χ1v) is 14.1. The van der Waals surface area contributed by atoms with Gasteiger partial charge in [-0.3, -0.25) is 23.7 Å². The van der Waals surface area contributed by atoms with Crippen molar-refractivity contribution in [2.24, 2.45) is 16.8 Å². The van der Waals surface area contributed by atoms with Gasteiger partial charge in [-0.2, -0.15) is 0 Å². The molecule has 2 fully saturated rings. The Morgan fingerprint density at radius 3 is 2.57 bits per heavy atom. The number of aliphatic imine (C=N–C) groups is 1. The van der Waals surface area contributed by atoms with E-state index >= 15 is 0 Å². The minimum atomic E-state index is -2.64. The number of aryl methyl sites for hydroxylation is 1. The summed E-state index contributed by atoms with van der Waals surface area (Å²) in [7, 11) is -1.26. The largest absolute Gasteiger partial charge is 0.469 e. The minimum Gasteiger partial charge on any atom is -0.469 e. The SMILES string of the molecule is COC(=O)Cc1ccc(/C=C/S([OH2+])([OH2+])N2CCC3(CC2)N=C(C2CCC(C)CC2)NC3=O)c(C)c1. The van der Waals surface area contributed by atoms with E-state index in [4.69, 9.17) is 18.8 Å². The lowest BCUT2D eigenvalue weighted by Gasteiger charge is -2.39. The van der Waals surface area contributed by atoms with Gasteiger partial charge in [0.2, 0.25) is 0 Å². The van der Waals surface area contributed by atoms with Crippen LogP contribution in [0.5, 0.6) is 0 Å². The van der Waals surface area contributed by atoms with Crippen LogP contribution in [0.2, 0.25) is 0 Å². The van der Waals surface area contributed by atoms with Crippen molar-refractivity contribution in [3.8, 4) is 0 Å². The lowest BCUT2D eigenvalue weighted by Crippen LogP contribution is -2.49. The number of nitrogens with one attached hydrogen (secondary N) is 1. The quantitative estimate of drug-likeness (QED) is 0.472. The van der Waals surface area contributed by atoms with Crippen LogP contribution in [0.1, 0.15) is 62.1 Å². The maximum Gasteiger partial charge on any atom is 0.309 e. The summed E-state index contributed by atoms with van der Waals surface area (Å²) in [6.45, 7) is 5.26. The van der Waals surface area contributed by atoms with Crippen LogP contribution in [-0.2, 0) is 20.7 Å². The molecular formula is C26H39N3O5S+2. The van der Waals surface area contributed by atoms with E-state index < -0.39 is 16.3 Å². The van der Waals surface area contributed by atoms with Gasteiger partial charge < -0.3 is 10.1 Å². The Labute approximate surface area is 209 Å². The number of esters is 1. The van der Waals surface area contributed by atoms with Crippen molar-refractivity contribution < 1.29 is 23.4 Å². The van der Waals surface area contributed by atoms with Crippen LogP contribution >= 0.6 is 10.8 Å². The van der Waals surface area contributed by atoms with Crippen LogP contribution in [0.4, 0.5) is 0 Å². The van der Waals surface area contributed by atoms with Gasteiger partial charge in [0.05, 0.1) is 24.3 Å². The lowest BCUT2D eigenvalue weighted by molar-refractivity contribution is -0.139. The third kappa shape index (κ3) is 5.80. The highest BCUT2D eigenvalue weighted by atomic mass is 32.3. The molecule has 4 rings (SSSR count). The van der Waals surface area contributed by atoms with E-state index in [0.717, 1.165) is 41.3 Å². The van der Waals surface area contributed by atoms with Gasteiger partial charge in [-0.05, 0) is 61.3 Å². The Hall–Kier alpha value is -2.20. The molecule has 1 aromatic rings. The highest BCUT2D eigenvalue weighted by molar-refractivity contribution is 8.24. The normalized spacial score (nSPS) is 25.5. The highest BCUT2D eigenvalue weighted by Crippen LogP contribution is 2.48. The summed E-state index contributed by atoms with van der Waals surface area (Å²) in [5.74, 6) is 1.70. The Bertz CT molecular complexity index is 1020. The van der Waals surface area contributed by atoms with E-state index in [1.165, 1.54) is 20.0 Å². The first kappa shape index (κ1) is 25.9. The van der Waals surface area contributed by atoms with Gasteiger partial charge in [-0.1, -0.05) is 38.0 Å². The number of carbonyl (C=O) groups is 2. The van der Waals surface area contributed by atoms with Crippen molar-refractivity contribution in [1.82, 2.24) is 9.62 Å². The Kier molecular flexibility index (Phi) is 7.71. The van der Waals surface area contributed by atoms with E-state index in [1.807, 2.05) is 35.5 Å². The van der Waals surface area contributed by atoms with Gasteiger partial charge in [-0.25, -0.2) is 0 Å². The molecule has 0 atom stereocenters. The minimum absolute atomic E-state index is 0.000422. The molecule has 3 aliphatic rings. The summed E-state index contributed by atoms with van der Waals surface area (Å²) in [6, 6.07) is 5.73. The molecule has 1 aromatic carbocycles. The number of piperidine rings is 1. The second-order valence-corrected chi connectivity index (χ2v) is 12.3. The average Bonchev–Trinajstić information content (AvgIpc) is 3.14. The summed E-state index contributed by atoms with van der Waals surface area (Å²) < 4.78 is 24.0. The zero-order chi connectivity index (χ0) is 25.2. The molecule has 1 saturated heterocycles. The molecule has 0 unspecified atom stereocenters. The Balaban J connectivity index is 1.38. The number of amidine groups is 1. The molecule has 9 heteroatoms. The van der Waals surface area contributed by atoms with E-state index in [9.17, 15) is 9.59 Å². The van der Waals surface area contributed by atoms with Crippen molar-refractivity contribution in [2.45, 2.75) is 64.3 Å². The van der Waals surface area contributed by atoms with Crippen LogP contribution in [0.3, 0.4) is 0 Å². The Morgan fingerprint density at radius 2 is 1.94 bits per heavy atom. The second-order valence-electron chi connectivity index (χ2n) is 10.2. The third-order valence-electron chi connectivity index (χ3n) is 7.71. The summed E-state index contributed by atoms with van der Waals surface area (Å²) in [6.07, 6.45) is 7.69. The van der Waals surface area contributed by atoms with Crippen LogP contribution in [0, 0.1) is 18.8 Å². The van der Waals surface area contributed by atoms with Gasteiger partial charge in [0.25, 0.3) is 5.91 Å². The van der Waals surface area contributed by atoms with Crippen molar-refractivity contribution >= 4 is 34.6 Å². The summed E-state index contributed by atoms with van der Waals surface area (Å²) >= 11 is 0. The van der Waals surface area contributed by atoms with E-state index in [0.29, 0.717) is 31.8 Å². The summed E-state index contributed by atoms with van der Waals surface area (Å²) in [5.41, 5.74) is 2.06. The Morgan fingerprint density at radius 1 is 1.26 bits per heavy atom. The molecule has 5 N–H and O–H groups in total. The van der Waals surface area contributed by atoms with Crippen molar-refractivity contribution in [2.75, 3.05) is 20.2 Å². The van der Waals surface area contributed by atoms with Crippen LogP contribution in [0.15, 0.2) is 28.6 Å². The fourth-order valence-corrected chi connectivity index (χ4v) is 6.56. The maximum absolute atomic E-state index is 12.9. The topological polar surface area (TPSA) is 117 Å². The molecule has 0 bridgehead atoms. The fraction of sp³-hybridized carbons (Fsp3) is 0.577. The molecular weight excluding hydrogens is 466 g/mol. The zero-order valence-electron chi connectivity index (χ0n) is 20.9. The molecule has 1 saturated carbocycles. The predicted molar refractivity (Wildman–Crippen MR) is 141 cm³/mol. The number of benzene rings is 1. The van der Waals surface area contributed by atoms with E-state index in [1.54, 1.807) is 5.41 Å². The smallest absolute Gasteiger partial charge is 0.309 e. The molecule has 1 spiro atoms. The molecule has 192 valence electrons. The first-order chi connectivity index (χ1) is 16.6. The van der Waals surface area contributed by atoms with Crippen LogP contribution in [-0.4, -0.2) is 56.9 Å².